The van der Waals surface area contributed by atoms with Crippen molar-refractivity contribution < 1.29 is 24.8 Å². The van der Waals surface area contributed by atoms with E-state index in [1.54, 1.807) is 22.6 Å². The molecule has 0 aliphatic heterocycles. The summed E-state index contributed by atoms with van der Waals surface area (Å²) in [5.74, 6) is 0.932. The Bertz CT molecular complexity index is 452. The summed E-state index contributed by atoms with van der Waals surface area (Å²) in [6, 6.07) is 5.91. The second-order valence-corrected chi connectivity index (χ2v) is 4.49. The van der Waals surface area contributed by atoms with Crippen molar-refractivity contribution in [3.63, 3.8) is 0 Å². The van der Waals surface area contributed by atoms with E-state index in [4.69, 9.17) is 0 Å². The van der Waals surface area contributed by atoms with Crippen molar-refractivity contribution in [1.29, 1.82) is 0 Å². The number of thioether (sulfide) groups is 1. The average molecular weight is 321 g/mol. The van der Waals surface area contributed by atoms with Crippen LogP contribution in [0.1, 0.15) is 5.69 Å². The maximum atomic E-state index is 4.23. The number of tetrazole rings is 1. The molecule has 0 saturated carbocycles. The molecule has 0 radical (unpaired) electrons. The van der Waals surface area contributed by atoms with Crippen molar-refractivity contribution in [2.75, 3.05) is 12.3 Å². The van der Waals surface area contributed by atoms with Crippen LogP contribution in [-0.4, -0.2) is 37.5 Å². The van der Waals surface area contributed by atoms with E-state index in [1.165, 1.54) is 0 Å². The molecule has 2 aromatic heterocycles. The zero-order valence-corrected chi connectivity index (χ0v) is 12.7. The maximum absolute atomic E-state index is 4.23. The minimum absolute atomic E-state index is 0. The van der Waals surface area contributed by atoms with Crippen LogP contribution in [0.5, 0.6) is 0 Å². The highest BCUT2D eigenvalue weighted by Gasteiger charge is 2.01. The van der Waals surface area contributed by atoms with Gasteiger partial charge in [-0.3, -0.25) is 4.98 Å². The number of nitrogens with one attached hydrogen (secondary N) is 1. The first-order chi connectivity index (χ1) is 8.36. The molecule has 19 heavy (non-hydrogen) atoms. The molecule has 0 aliphatic carbocycles. The standard InChI is InChI=1S/C10H14N6S.2ClH/c1-16-10(13-14-15-16)17-7-6-11-8-9-4-2-3-5-12-9;;/h2-5,11H,6-8H2,1H3;2*1H/p-2. The third-order valence-electron chi connectivity index (χ3n) is 2.12. The Balaban J connectivity index is 0.00000162. The third kappa shape index (κ3) is 6.20. The van der Waals surface area contributed by atoms with Gasteiger partial charge < -0.3 is 30.1 Å². The van der Waals surface area contributed by atoms with Crippen LogP contribution in [0.15, 0.2) is 29.6 Å². The maximum Gasteiger partial charge on any atom is 0.209 e. The number of aryl methyl sites for hydroxylation is 1. The smallest absolute Gasteiger partial charge is 0.209 e. The molecule has 0 amide bonds. The quantitative estimate of drug-likeness (QED) is 0.423. The van der Waals surface area contributed by atoms with Crippen molar-refractivity contribution >= 4 is 11.8 Å². The summed E-state index contributed by atoms with van der Waals surface area (Å²) >= 11 is 1.63. The summed E-state index contributed by atoms with van der Waals surface area (Å²) in [5, 5.41) is 15.4. The Morgan fingerprint density at radius 3 is 2.79 bits per heavy atom. The van der Waals surface area contributed by atoms with Crippen molar-refractivity contribution in [1.82, 2.24) is 30.5 Å². The molecule has 106 valence electrons. The monoisotopic (exact) mass is 320 g/mol. The minimum atomic E-state index is 0. The Kier molecular flexibility index (Phi) is 9.50. The van der Waals surface area contributed by atoms with Gasteiger partial charge in [0.2, 0.25) is 5.16 Å². The summed E-state index contributed by atoms with van der Waals surface area (Å²) in [4.78, 5) is 4.23. The van der Waals surface area contributed by atoms with Crippen LogP contribution < -0.4 is 30.1 Å². The fourth-order valence-corrected chi connectivity index (χ4v) is 2.02. The second-order valence-electron chi connectivity index (χ2n) is 3.43. The van der Waals surface area contributed by atoms with Gasteiger partial charge in [0.25, 0.3) is 0 Å². The van der Waals surface area contributed by atoms with Gasteiger partial charge in [-0.25, -0.2) is 4.68 Å². The molecule has 2 rings (SSSR count). The van der Waals surface area contributed by atoms with Crippen LogP contribution in [-0.2, 0) is 13.6 Å². The molecule has 0 aliphatic rings. The third-order valence-corrected chi connectivity index (χ3v) is 3.14. The molecule has 0 spiro atoms. The van der Waals surface area contributed by atoms with Gasteiger partial charge in [0, 0.05) is 32.1 Å². The predicted molar refractivity (Wildman–Crippen MR) is 65.5 cm³/mol. The number of aromatic nitrogens is 5. The van der Waals surface area contributed by atoms with E-state index < -0.39 is 0 Å². The lowest BCUT2D eigenvalue weighted by atomic mass is 10.3. The van der Waals surface area contributed by atoms with Gasteiger partial charge in [-0.15, -0.1) is 5.10 Å². The van der Waals surface area contributed by atoms with Gasteiger partial charge in [0.05, 0.1) is 5.69 Å². The van der Waals surface area contributed by atoms with E-state index in [-0.39, 0.29) is 24.8 Å². The van der Waals surface area contributed by atoms with E-state index >= 15 is 0 Å². The van der Waals surface area contributed by atoms with Crippen molar-refractivity contribution in [2.24, 2.45) is 7.05 Å². The zero-order valence-electron chi connectivity index (χ0n) is 10.3. The molecule has 6 nitrogen and oxygen atoms in total. The number of pyridine rings is 1. The highest BCUT2D eigenvalue weighted by molar-refractivity contribution is 7.99. The molecule has 0 saturated heterocycles. The van der Waals surface area contributed by atoms with Gasteiger partial charge in [0.15, 0.2) is 0 Å². The fraction of sp³-hybridized carbons (Fsp3) is 0.400. The van der Waals surface area contributed by atoms with E-state index in [9.17, 15) is 0 Å². The first kappa shape index (κ1) is 18.1. The van der Waals surface area contributed by atoms with Gasteiger partial charge >= 0.3 is 0 Å². The SMILES string of the molecule is Cn1nnnc1SCCNCc1ccccn1.[Cl-].[Cl-]. The van der Waals surface area contributed by atoms with Crippen LogP contribution in [0.25, 0.3) is 0 Å². The lowest BCUT2D eigenvalue weighted by molar-refractivity contribution is -0.001000. The zero-order chi connectivity index (χ0) is 11.9. The van der Waals surface area contributed by atoms with Gasteiger partial charge in [-0.1, -0.05) is 17.8 Å². The average Bonchev–Trinajstić information content (AvgIpc) is 2.76. The normalized spacial score (nSPS) is 9.53. The number of hydrogen-bond acceptors (Lipinski definition) is 6. The predicted octanol–water partition coefficient (Wildman–Crippen LogP) is -5.50. The van der Waals surface area contributed by atoms with Crippen LogP contribution >= 0.6 is 11.8 Å². The van der Waals surface area contributed by atoms with Crippen molar-refractivity contribution in [2.45, 2.75) is 11.7 Å². The van der Waals surface area contributed by atoms with Crippen LogP contribution in [0, 0.1) is 0 Å². The van der Waals surface area contributed by atoms with Crippen LogP contribution in [0.2, 0.25) is 0 Å². The van der Waals surface area contributed by atoms with Crippen LogP contribution in [0.3, 0.4) is 0 Å². The van der Waals surface area contributed by atoms with Gasteiger partial charge in [0.1, 0.15) is 0 Å². The number of rotatable bonds is 6. The Morgan fingerprint density at radius 2 is 2.16 bits per heavy atom. The number of nitrogens with zero attached hydrogens (tertiary/aromatic N) is 5. The molecule has 2 aromatic rings. The van der Waals surface area contributed by atoms with Gasteiger partial charge in [-0.2, -0.15) is 0 Å². The van der Waals surface area contributed by atoms with Crippen LogP contribution in [0.4, 0.5) is 0 Å². The molecule has 2 heterocycles. The van der Waals surface area contributed by atoms with Crippen molar-refractivity contribution in [3.05, 3.63) is 30.1 Å². The highest BCUT2D eigenvalue weighted by Crippen LogP contribution is 2.10. The second kappa shape index (κ2) is 9.96. The molecule has 0 atom stereocenters. The molecule has 0 unspecified atom stereocenters. The summed E-state index contributed by atoms with van der Waals surface area (Å²) in [6.07, 6.45) is 1.80. The Hall–Kier alpha value is -0.890. The van der Waals surface area contributed by atoms with E-state index in [2.05, 4.69) is 25.8 Å². The molecular weight excluding hydrogens is 307 g/mol. The summed E-state index contributed by atoms with van der Waals surface area (Å²) in [7, 11) is 1.84. The largest absolute Gasteiger partial charge is 1.00 e. The minimum Gasteiger partial charge on any atom is -1.00 e. The summed E-state index contributed by atoms with van der Waals surface area (Å²) in [6.45, 7) is 1.69. The number of halogens is 2. The molecule has 0 fully saturated rings. The van der Waals surface area contributed by atoms with E-state index in [1.807, 2.05) is 25.2 Å². The Morgan fingerprint density at radius 1 is 1.32 bits per heavy atom. The molecule has 9 heteroatoms. The van der Waals surface area contributed by atoms with E-state index in [0.29, 0.717) is 0 Å². The molecule has 1 N–H and O–H groups in total. The lowest BCUT2D eigenvalue weighted by Gasteiger charge is -2.03. The lowest BCUT2D eigenvalue weighted by Crippen LogP contribution is -3.00. The summed E-state index contributed by atoms with van der Waals surface area (Å²) < 4.78 is 1.67. The number of hydrogen-bond donors (Lipinski definition) is 1. The fourth-order valence-electron chi connectivity index (χ4n) is 1.28. The Labute approximate surface area is 128 Å². The molecule has 0 bridgehead atoms. The first-order valence-electron chi connectivity index (χ1n) is 5.32. The topological polar surface area (TPSA) is 68.5 Å². The van der Waals surface area contributed by atoms with E-state index in [0.717, 1.165) is 29.7 Å². The molecule has 0 aromatic carbocycles. The summed E-state index contributed by atoms with van der Waals surface area (Å²) in [5.41, 5.74) is 1.05. The van der Waals surface area contributed by atoms with Gasteiger partial charge in [-0.05, 0) is 22.6 Å². The molecular formula is C10H14Cl2N6S-2. The van der Waals surface area contributed by atoms with Crippen molar-refractivity contribution in [3.8, 4) is 0 Å². The highest BCUT2D eigenvalue weighted by atomic mass is 35.5. The first-order valence-corrected chi connectivity index (χ1v) is 6.30.